The number of sulfone groups is 1. The molecule has 0 saturated heterocycles. The average Bonchev–Trinajstić information content (AvgIpc) is 3.13. The van der Waals surface area contributed by atoms with Gasteiger partial charge in [0.05, 0.1) is 17.8 Å². The first-order valence-corrected chi connectivity index (χ1v) is 11.5. The molecule has 8 heteroatoms. The molecular formula is C24H21FN2O4S. The largest absolute Gasteiger partial charge is 0.497 e. The second kappa shape index (κ2) is 8.84. The number of nitrogens with zero attached hydrogens (tertiary/aromatic N) is 1. The van der Waals surface area contributed by atoms with Crippen LogP contribution in [0.5, 0.6) is 5.75 Å². The van der Waals surface area contributed by atoms with Crippen LogP contribution in [0.25, 0.3) is 10.9 Å². The Morgan fingerprint density at radius 1 is 1.03 bits per heavy atom. The summed E-state index contributed by atoms with van der Waals surface area (Å²) < 4.78 is 46.6. The lowest BCUT2D eigenvalue weighted by Gasteiger charge is -2.08. The van der Waals surface area contributed by atoms with Crippen LogP contribution in [0.1, 0.15) is 5.56 Å². The van der Waals surface area contributed by atoms with Crippen LogP contribution < -0.4 is 10.1 Å². The lowest BCUT2D eigenvalue weighted by Crippen LogP contribution is -2.18. The lowest BCUT2D eigenvalue weighted by molar-refractivity contribution is -0.116. The number of halogens is 1. The second-order valence-corrected chi connectivity index (χ2v) is 9.27. The summed E-state index contributed by atoms with van der Waals surface area (Å²) in [5.41, 5.74) is 1.55. The number of hydrogen-bond donors (Lipinski definition) is 1. The number of carbonyl (C=O) groups is 1. The maximum Gasteiger partial charge on any atom is 0.244 e. The predicted octanol–water partition coefficient (Wildman–Crippen LogP) is 4.40. The van der Waals surface area contributed by atoms with Gasteiger partial charge in [-0.05, 0) is 35.9 Å². The van der Waals surface area contributed by atoms with Gasteiger partial charge < -0.3 is 14.6 Å². The fraction of sp³-hybridized carbons (Fsp3) is 0.125. The number of amides is 1. The summed E-state index contributed by atoms with van der Waals surface area (Å²) in [6.45, 7) is -0.0762. The van der Waals surface area contributed by atoms with Crippen molar-refractivity contribution >= 4 is 32.3 Å². The zero-order chi connectivity index (χ0) is 22.7. The molecule has 1 aromatic heterocycles. The van der Waals surface area contributed by atoms with E-state index in [1.807, 2.05) is 0 Å². The van der Waals surface area contributed by atoms with E-state index in [9.17, 15) is 17.6 Å². The molecule has 0 spiro atoms. The molecule has 1 amide bonds. The summed E-state index contributed by atoms with van der Waals surface area (Å²) in [5.74, 6) is -0.531. The first-order chi connectivity index (χ1) is 15.4. The minimum absolute atomic E-state index is 0.0762. The van der Waals surface area contributed by atoms with E-state index in [4.69, 9.17) is 4.74 Å². The standard InChI is InChI=1S/C24H21FN2O4S/c1-31-20-9-5-8-19(13-20)26-24(28)15-27-14-23(21-10-2-3-11-22(21)27)32(29,30)16-17-6-4-7-18(25)12-17/h2-14H,15-16H2,1H3,(H,26,28). The lowest BCUT2D eigenvalue weighted by atomic mass is 10.2. The van der Waals surface area contributed by atoms with E-state index in [1.54, 1.807) is 66.3 Å². The van der Waals surface area contributed by atoms with E-state index < -0.39 is 15.7 Å². The number of rotatable bonds is 7. The number of nitrogens with one attached hydrogen (secondary N) is 1. The molecule has 32 heavy (non-hydrogen) atoms. The number of para-hydroxylation sites is 1. The fourth-order valence-corrected chi connectivity index (χ4v) is 5.14. The summed E-state index contributed by atoms with van der Waals surface area (Å²) in [5, 5.41) is 3.31. The highest BCUT2D eigenvalue weighted by Gasteiger charge is 2.22. The minimum Gasteiger partial charge on any atom is -0.497 e. The molecular weight excluding hydrogens is 431 g/mol. The summed E-state index contributed by atoms with van der Waals surface area (Å²) in [6, 6.07) is 19.5. The predicted molar refractivity (Wildman–Crippen MR) is 121 cm³/mol. The Balaban J connectivity index is 1.63. The molecule has 1 heterocycles. The molecule has 0 atom stereocenters. The zero-order valence-electron chi connectivity index (χ0n) is 17.3. The Labute approximate surface area is 185 Å². The van der Waals surface area contributed by atoms with Gasteiger partial charge in [-0.1, -0.05) is 36.4 Å². The molecule has 0 radical (unpaired) electrons. The third kappa shape index (κ3) is 4.65. The highest BCUT2D eigenvalue weighted by Crippen LogP contribution is 2.28. The molecule has 4 rings (SSSR count). The van der Waals surface area contributed by atoms with Crippen LogP contribution in [0.15, 0.2) is 83.9 Å². The molecule has 4 aromatic rings. The first kappa shape index (κ1) is 21.6. The molecule has 164 valence electrons. The number of hydrogen-bond acceptors (Lipinski definition) is 4. The molecule has 0 aliphatic heterocycles. The fourth-order valence-electron chi connectivity index (χ4n) is 3.57. The van der Waals surface area contributed by atoms with E-state index >= 15 is 0 Å². The van der Waals surface area contributed by atoms with E-state index in [-0.39, 0.29) is 23.1 Å². The van der Waals surface area contributed by atoms with E-state index in [2.05, 4.69) is 5.32 Å². The number of ether oxygens (including phenoxy) is 1. The highest BCUT2D eigenvalue weighted by molar-refractivity contribution is 7.90. The summed E-state index contributed by atoms with van der Waals surface area (Å²) in [7, 11) is -2.23. The van der Waals surface area contributed by atoms with Gasteiger partial charge in [0, 0.05) is 28.9 Å². The van der Waals surface area contributed by atoms with Crippen LogP contribution in [0.2, 0.25) is 0 Å². The third-order valence-electron chi connectivity index (χ3n) is 5.00. The van der Waals surface area contributed by atoms with Crippen molar-refractivity contribution in [2.24, 2.45) is 0 Å². The smallest absolute Gasteiger partial charge is 0.244 e. The van der Waals surface area contributed by atoms with Gasteiger partial charge in [-0.2, -0.15) is 0 Å². The van der Waals surface area contributed by atoms with Crippen molar-refractivity contribution in [3.8, 4) is 5.75 Å². The van der Waals surface area contributed by atoms with Crippen molar-refractivity contribution in [2.75, 3.05) is 12.4 Å². The van der Waals surface area contributed by atoms with Gasteiger partial charge in [0.25, 0.3) is 0 Å². The van der Waals surface area contributed by atoms with Gasteiger partial charge in [0.15, 0.2) is 9.84 Å². The normalized spacial score (nSPS) is 11.4. The van der Waals surface area contributed by atoms with Crippen LogP contribution in [-0.2, 0) is 26.9 Å². The van der Waals surface area contributed by atoms with Crippen LogP contribution in [0, 0.1) is 5.82 Å². The van der Waals surface area contributed by atoms with Crippen LogP contribution in [0.4, 0.5) is 10.1 Å². The Morgan fingerprint density at radius 2 is 1.81 bits per heavy atom. The first-order valence-electron chi connectivity index (χ1n) is 9.85. The Bertz CT molecular complexity index is 1400. The summed E-state index contributed by atoms with van der Waals surface area (Å²) in [6.07, 6.45) is 1.46. The van der Waals surface area contributed by atoms with Crippen molar-refractivity contribution < 1.29 is 22.3 Å². The average molecular weight is 453 g/mol. The van der Waals surface area contributed by atoms with Crippen molar-refractivity contribution in [1.29, 1.82) is 0 Å². The van der Waals surface area contributed by atoms with E-state index in [0.29, 0.717) is 27.9 Å². The van der Waals surface area contributed by atoms with Crippen molar-refractivity contribution in [2.45, 2.75) is 17.2 Å². The molecule has 0 unspecified atom stereocenters. The molecule has 0 bridgehead atoms. The van der Waals surface area contributed by atoms with Gasteiger partial charge in [-0.25, -0.2) is 12.8 Å². The van der Waals surface area contributed by atoms with E-state index in [1.165, 1.54) is 24.4 Å². The van der Waals surface area contributed by atoms with Gasteiger partial charge >= 0.3 is 0 Å². The molecule has 0 aliphatic rings. The number of anilines is 1. The molecule has 0 aliphatic carbocycles. The van der Waals surface area contributed by atoms with Gasteiger partial charge in [-0.15, -0.1) is 0 Å². The van der Waals surface area contributed by atoms with Crippen molar-refractivity contribution in [3.05, 3.63) is 90.4 Å². The van der Waals surface area contributed by atoms with Crippen LogP contribution >= 0.6 is 0 Å². The summed E-state index contributed by atoms with van der Waals surface area (Å²) in [4.78, 5) is 12.8. The Hall–Kier alpha value is -3.65. The Morgan fingerprint density at radius 3 is 2.59 bits per heavy atom. The van der Waals surface area contributed by atoms with E-state index in [0.717, 1.165) is 0 Å². The quantitative estimate of drug-likeness (QED) is 0.451. The monoisotopic (exact) mass is 452 g/mol. The topological polar surface area (TPSA) is 77.4 Å². The second-order valence-electron chi connectivity index (χ2n) is 7.31. The summed E-state index contributed by atoms with van der Waals surface area (Å²) >= 11 is 0. The number of fused-ring (bicyclic) bond motifs is 1. The Kier molecular flexibility index (Phi) is 5.96. The zero-order valence-corrected chi connectivity index (χ0v) is 18.1. The van der Waals surface area contributed by atoms with Gasteiger partial charge in [0.2, 0.25) is 5.91 Å². The minimum atomic E-state index is -3.78. The highest BCUT2D eigenvalue weighted by atomic mass is 32.2. The SMILES string of the molecule is COc1cccc(NC(=O)Cn2cc(S(=O)(=O)Cc3cccc(F)c3)c3ccccc32)c1. The van der Waals surface area contributed by atoms with Crippen molar-refractivity contribution in [3.63, 3.8) is 0 Å². The number of methoxy groups -OCH3 is 1. The maximum atomic E-state index is 13.5. The number of carbonyl (C=O) groups excluding carboxylic acids is 1. The van der Waals surface area contributed by atoms with Crippen LogP contribution in [-0.4, -0.2) is 26.0 Å². The molecule has 1 N–H and O–H groups in total. The van der Waals surface area contributed by atoms with Crippen molar-refractivity contribution in [1.82, 2.24) is 4.57 Å². The van der Waals surface area contributed by atoms with Crippen LogP contribution in [0.3, 0.4) is 0 Å². The molecule has 3 aromatic carbocycles. The maximum absolute atomic E-state index is 13.5. The van der Waals surface area contributed by atoms with Gasteiger partial charge in [-0.3, -0.25) is 4.79 Å². The number of aromatic nitrogens is 1. The third-order valence-corrected chi connectivity index (χ3v) is 6.71. The number of benzene rings is 3. The molecule has 6 nitrogen and oxygen atoms in total. The van der Waals surface area contributed by atoms with Gasteiger partial charge in [0.1, 0.15) is 18.1 Å². The molecule has 0 saturated carbocycles. The molecule has 0 fully saturated rings.